The topological polar surface area (TPSA) is 99.5 Å². The maximum atomic E-state index is 15.2. The second-order valence-corrected chi connectivity index (χ2v) is 9.77. The third kappa shape index (κ3) is 5.36. The summed E-state index contributed by atoms with van der Waals surface area (Å²) in [6.45, 7) is -0.296. The molecular formula is C23H23ClFN3O4S. The molecule has 0 spiro atoms. The van der Waals surface area contributed by atoms with Crippen LogP contribution in [0, 0.1) is 11.3 Å². The molecule has 1 saturated heterocycles. The van der Waals surface area contributed by atoms with Crippen LogP contribution in [0.2, 0.25) is 5.02 Å². The summed E-state index contributed by atoms with van der Waals surface area (Å²) in [7, 11) is -2.53. The van der Waals surface area contributed by atoms with Gasteiger partial charge in [-0.25, -0.2) is 12.8 Å². The zero-order valence-electron chi connectivity index (χ0n) is 17.9. The molecule has 10 heteroatoms. The van der Waals surface area contributed by atoms with Crippen molar-refractivity contribution in [3.8, 4) is 22.9 Å². The summed E-state index contributed by atoms with van der Waals surface area (Å²) < 4.78 is 48.6. The fraction of sp³-hybridized carbons (Fsp3) is 0.304. The number of nitrogens with one attached hydrogen (secondary N) is 1. The molecule has 2 aromatic carbocycles. The zero-order chi connectivity index (χ0) is 24.1. The molecule has 1 N–H and O–H groups in total. The number of piperidine rings is 1. The monoisotopic (exact) mass is 491 g/mol. The van der Waals surface area contributed by atoms with Crippen molar-refractivity contribution in [3.05, 3.63) is 59.6 Å². The number of sulfonamides is 1. The van der Waals surface area contributed by atoms with E-state index in [2.05, 4.69) is 5.32 Å². The van der Waals surface area contributed by atoms with Crippen LogP contribution in [-0.2, 0) is 14.8 Å². The first kappa shape index (κ1) is 24.7. The van der Waals surface area contributed by atoms with Gasteiger partial charge in [0, 0.05) is 54.7 Å². The number of carbonyl (C=O) groups is 1. The number of hydrogen-bond acceptors (Lipinski definition) is 5. The predicted molar refractivity (Wildman–Crippen MR) is 123 cm³/mol. The molecule has 0 saturated carbocycles. The Morgan fingerprint density at radius 2 is 1.97 bits per heavy atom. The van der Waals surface area contributed by atoms with Crippen LogP contribution in [-0.4, -0.2) is 51.0 Å². The van der Waals surface area contributed by atoms with Gasteiger partial charge < -0.3 is 10.1 Å². The van der Waals surface area contributed by atoms with Crippen LogP contribution in [0.15, 0.2) is 59.5 Å². The molecule has 1 aliphatic rings. The van der Waals surface area contributed by atoms with Crippen LogP contribution in [0.4, 0.5) is 4.39 Å². The van der Waals surface area contributed by atoms with E-state index in [-0.39, 0.29) is 37.4 Å². The average molecular weight is 492 g/mol. The quantitative estimate of drug-likeness (QED) is 0.595. The number of nitrogens with zero attached hydrogens (tertiary/aromatic N) is 2. The SMILES string of the molecule is COc1ccc(S(=O)(=O)N2CCC(F)(C(=O)NC/C=C\C#N)CC2)c(-c2ccccc2Cl)c1. The van der Waals surface area contributed by atoms with Gasteiger partial charge in [0.1, 0.15) is 5.75 Å². The van der Waals surface area contributed by atoms with Gasteiger partial charge in [-0.05, 0) is 24.3 Å². The van der Waals surface area contributed by atoms with Crippen molar-refractivity contribution in [2.24, 2.45) is 0 Å². The van der Waals surface area contributed by atoms with E-state index in [1.165, 1.54) is 29.6 Å². The van der Waals surface area contributed by atoms with Crippen LogP contribution in [0.5, 0.6) is 5.75 Å². The number of benzene rings is 2. The molecular weight excluding hydrogens is 469 g/mol. The minimum atomic E-state index is -4.01. The fourth-order valence-corrected chi connectivity index (χ4v) is 5.49. The minimum Gasteiger partial charge on any atom is -0.497 e. The highest BCUT2D eigenvalue weighted by Gasteiger charge is 2.44. The number of hydrogen-bond donors (Lipinski definition) is 1. The Morgan fingerprint density at radius 3 is 2.61 bits per heavy atom. The highest BCUT2D eigenvalue weighted by atomic mass is 35.5. The molecule has 0 atom stereocenters. The summed E-state index contributed by atoms with van der Waals surface area (Å²) in [4.78, 5) is 12.3. The largest absolute Gasteiger partial charge is 0.497 e. The smallest absolute Gasteiger partial charge is 0.258 e. The standard InChI is InChI=1S/C23H23ClFN3O4S/c1-32-17-8-9-21(19(16-17)18-6-2-3-7-20(18)24)33(30,31)28-14-10-23(25,11-15-28)22(29)27-13-5-4-12-26/h2-9,16H,10-11,13-15H2,1H3,(H,27,29)/b5-4-. The Bertz CT molecular complexity index is 1200. The van der Waals surface area contributed by atoms with Gasteiger partial charge in [0.25, 0.3) is 5.91 Å². The predicted octanol–water partition coefficient (Wildman–Crippen LogP) is 3.70. The Morgan fingerprint density at radius 1 is 1.27 bits per heavy atom. The van der Waals surface area contributed by atoms with Gasteiger partial charge in [-0.1, -0.05) is 35.9 Å². The lowest BCUT2D eigenvalue weighted by Crippen LogP contribution is -2.52. The average Bonchev–Trinajstić information content (AvgIpc) is 2.82. The van der Waals surface area contributed by atoms with Gasteiger partial charge in [-0.3, -0.25) is 4.79 Å². The van der Waals surface area contributed by atoms with Crippen LogP contribution in [0.3, 0.4) is 0 Å². The fourth-order valence-electron chi connectivity index (χ4n) is 3.62. The number of halogens is 2. The molecule has 1 amide bonds. The first-order valence-electron chi connectivity index (χ1n) is 10.2. The first-order chi connectivity index (χ1) is 15.7. The first-order valence-corrected chi connectivity index (χ1v) is 12.0. The van der Waals surface area contributed by atoms with Gasteiger partial charge in [-0.2, -0.15) is 9.57 Å². The number of amides is 1. The van der Waals surface area contributed by atoms with Crippen molar-refractivity contribution in [2.75, 3.05) is 26.7 Å². The van der Waals surface area contributed by atoms with Gasteiger partial charge in [0.2, 0.25) is 10.0 Å². The molecule has 0 radical (unpaired) electrons. The summed E-state index contributed by atoms with van der Waals surface area (Å²) >= 11 is 6.33. The summed E-state index contributed by atoms with van der Waals surface area (Å²) in [6.07, 6.45) is 2.03. The van der Waals surface area contributed by atoms with Crippen molar-refractivity contribution in [1.29, 1.82) is 5.26 Å². The molecule has 0 unspecified atom stereocenters. The maximum Gasteiger partial charge on any atom is 0.258 e. The summed E-state index contributed by atoms with van der Waals surface area (Å²) in [5, 5.41) is 11.3. The summed E-state index contributed by atoms with van der Waals surface area (Å²) in [5.41, 5.74) is -1.28. The molecule has 1 fully saturated rings. The third-order valence-electron chi connectivity index (χ3n) is 5.46. The highest BCUT2D eigenvalue weighted by molar-refractivity contribution is 7.89. The molecule has 1 aliphatic heterocycles. The molecule has 174 valence electrons. The number of alkyl halides is 1. The molecule has 3 rings (SSSR count). The van der Waals surface area contributed by atoms with E-state index < -0.39 is 21.6 Å². The molecule has 1 heterocycles. The number of rotatable bonds is 7. The number of carbonyl (C=O) groups excluding carboxylic acids is 1. The number of nitriles is 1. The van der Waals surface area contributed by atoms with E-state index in [4.69, 9.17) is 21.6 Å². The molecule has 2 aromatic rings. The van der Waals surface area contributed by atoms with Crippen molar-refractivity contribution in [1.82, 2.24) is 9.62 Å². The van der Waals surface area contributed by atoms with Gasteiger partial charge in [0.05, 0.1) is 18.1 Å². The maximum absolute atomic E-state index is 15.2. The van der Waals surface area contributed by atoms with Gasteiger partial charge in [0.15, 0.2) is 5.67 Å². The Kier molecular flexibility index (Phi) is 7.74. The van der Waals surface area contributed by atoms with E-state index in [0.29, 0.717) is 21.9 Å². The molecule has 33 heavy (non-hydrogen) atoms. The lowest BCUT2D eigenvalue weighted by Gasteiger charge is -2.35. The number of allylic oxidation sites excluding steroid dienone is 1. The van der Waals surface area contributed by atoms with E-state index in [1.54, 1.807) is 42.5 Å². The summed E-state index contributed by atoms with van der Waals surface area (Å²) in [6, 6.07) is 13.2. The third-order valence-corrected chi connectivity index (χ3v) is 7.75. The second kappa shape index (κ2) is 10.3. The Hall–Kier alpha value is -2.93. The zero-order valence-corrected chi connectivity index (χ0v) is 19.5. The van der Waals surface area contributed by atoms with E-state index in [9.17, 15) is 13.2 Å². The van der Waals surface area contributed by atoms with Crippen LogP contribution in [0.25, 0.3) is 11.1 Å². The molecule has 0 aromatic heterocycles. The van der Waals surface area contributed by atoms with Crippen LogP contribution in [0.1, 0.15) is 12.8 Å². The molecule has 0 bridgehead atoms. The minimum absolute atomic E-state index is 0.0210. The van der Waals surface area contributed by atoms with Crippen LogP contribution >= 0.6 is 11.6 Å². The van der Waals surface area contributed by atoms with E-state index in [0.717, 1.165) is 0 Å². The molecule has 0 aliphatic carbocycles. The number of ether oxygens (including phenoxy) is 1. The Labute approximate surface area is 197 Å². The lowest BCUT2D eigenvalue weighted by molar-refractivity contribution is -0.135. The van der Waals surface area contributed by atoms with Gasteiger partial charge >= 0.3 is 0 Å². The summed E-state index contributed by atoms with van der Waals surface area (Å²) in [5.74, 6) is -0.351. The van der Waals surface area contributed by atoms with Crippen molar-refractivity contribution >= 4 is 27.5 Å². The number of methoxy groups -OCH3 is 1. The van der Waals surface area contributed by atoms with Crippen molar-refractivity contribution < 1.29 is 22.3 Å². The second-order valence-electron chi connectivity index (χ2n) is 7.45. The normalized spacial score (nSPS) is 16.3. The van der Waals surface area contributed by atoms with Gasteiger partial charge in [-0.15, -0.1) is 0 Å². The van der Waals surface area contributed by atoms with E-state index in [1.807, 2.05) is 0 Å². The van der Waals surface area contributed by atoms with Crippen LogP contribution < -0.4 is 10.1 Å². The van der Waals surface area contributed by atoms with Crippen molar-refractivity contribution in [2.45, 2.75) is 23.4 Å². The highest BCUT2D eigenvalue weighted by Crippen LogP contribution is 2.38. The Balaban J connectivity index is 1.85. The van der Waals surface area contributed by atoms with E-state index >= 15 is 4.39 Å². The lowest BCUT2D eigenvalue weighted by atomic mass is 9.93. The molecule has 7 nitrogen and oxygen atoms in total. The van der Waals surface area contributed by atoms with Crippen molar-refractivity contribution in [3.63, 3.8) is 0 Å².